The molecule has 6 heteroatoms. The Hall–Kier alpha value is -2.60. The van der Waals surface area contributed by atoms with E-state index in [1.54, 1.807) is 13.2 Å². The normalized spacial score (nSPS) is 11.3. The molecule has 0 saturated carbocycles. The summed E-state index contributed by atoms with van der Waals surface area (Å²) in [4.78, 5) is 16.2. The summed E-state index contributed by atoms with van der Waals surface area (Å²) < 4.78 is 7.02. The molecule has 0 saturated heterocycles. The molecule has 0 amide bonds. The number of hydrogen-bond donors (Lipinski definition) is 1. The largest absolute Gasteiger partial charge is 0.497 e. The molecule has 0 bridgehead atoms. The number of carboxylic acids is 1. The minimum Gasteiger partial charge on any atom is -0.497 e. The molecule has 21 heavy (non-hydrogen) atoms. The molecule has 0 atom stereocenters. The molecule has 2 aromatic heterocycles. The van der Waals surface area contributed by atoms with E-state index in [9.17, 15) is 4.79 Å². The van der Waals surface area contributed by atoms with Crippen LogP contribution in [0.2, 0.25) is 0 Å². The fraction of sp³-hybridized carbons (Fsp3) is 0.0667. The van der Waals surface area contributed by atoms with Gasteiger partial charge in [0.25, 0.3) is 0 Å². The van der Waals surface area contributed by atoms with Gasteiger partial charge in [-0.25, -0.2) is 9.78 Å². The lowest BCUT2D eigenvalue weighted by Crippen LogP contribution is -1.90. The Morgan fingerprint density at radius 3 is 2.81 bits per heavy atom. The minimum absolute atomic E-state index is 0.749. The average Bonchev–Trinajstić information content (AvgIpc) is 3.06. The second-order valence-corrected chi connectivity index (χ2v) is 5.17. The molecule has 0 unspecified atom stereocenters. The third-order valence-electron chi connectivity index (χ3n) is 3.05. The third kappa shape index (κ3) is 2.53. The van der Waals surface area contributed by atoms with Crippen LogP contribution in [0.25, 0.3) is 22.3 Å². The number of benzene rings is 1. The maximum absolute atomic E-state index is 10.8. The van der Waals surface area contributed by atoms with Gasteiger partial charge in [-0.1, -0.05) is 0 Å². The molecule has 1 N–H and O–H groups in total. The molecular formula is C15H12N2O3S. The van der Waals surface area contributed by atoms with Crippen molar-refractivity contribution >= 4 is 28.3 Å². The quantitative estimate of drug-likeness (QED) is 0.752. The maximum Gasteiger partial charge on any atom is 0.328 e. The Labute approximate surface area is 124 Å². The van der Waals surface area contributed by atoms with Crippen molar-refractivity contribution in [3.63, 3.8) is 0 Å². The lowest BCUT2D eigenvalue weighted by molar-refractivity contribution is -0.131. The highest BCUT2D eigenvalue weighted by atomic mass is 32.1. The first kappa shape index (κ1) is 13.4. The molecule has 1 aromatic carbocycles. The number of thiazole rings is 1. The predicted octanol–water partition coefficient (Wildman–Crippen LogP) is 3.17. The zero-order chi connectivity index (χ0) is 14.8. The summed E-state index contributed by atoms with van der Waals surface area (Å²) in [5, 5.41) is 10.7. The number of ether oxygens (including phenoxy) is 1. The van der Waals surface area contributed by atoms with Crippen molar-refractivity contribution in [2.24, 2.45) is 0 Å². The zero-order valence-corrected chi connectivity index (χ0v) is 12.0. The van der Waals surface area contributed by atoms with Crippen molar-refractivity contribution in [2.45, 2.75) is 0 Å². The Kier molecular flexibility index (Phi) is 3.45. The Bertz CT molecular complexity index is 815. The number of carbonyl (C=O) groups is 1. The van der Waals surface area contributed by atoms with E-state index < -0.39 is 5.97 Å². The summed E-state index contributed by atoms with van der Waals surface area (Å²) in [7, 11) is 1.61. The second kappa shape index (κ2) is 5.41. The molecule has 3 rings (SSSR count). The van der Waals surface area contributed by atoms with Gasteiger partial charge in [-0.05, 0) is 30.3 Å². The minimum atomic E-state index is -0.985. The Balaban J connectivity index is 2.13. The molecule has 3 aromatic rings. The van der Waals surface area contributed by atoms with Gasteiger partial charge in [-0.15, -0.1) is 11.3 Å². The van der Waals surface area contributed by atoms with Gasteiger partial charge in [0, 0.05) is 23.2 Å². The topological polar surface area (TPSA) is 63.8 Å². The van der Waals surface area contributed by atoms with E-state index in [0.717, 1.165) is 33.7 Å². The number of rotatable bonds is 4. The van der Waals surface area contributed by atoms with Crippen LogP contribution in [-0.2, 0) is 4.79 Å². The first-order valence-electron chi connectivity index (χ1n) is 6.20. The summed E-state index contributed by atoms with van der Waals surface area (Å²) in [6.07, 6.45) is 4.56. The van der Waals surface area contributed by atoms with Crippen molar-refractivity contribution in [2.75, 3.05) is 7.11 Å². The first-order valence-corrected chi connectivity index (χ1v) is 7.08. The highest BCUT2D eigenvalue weighted by Crippen LogP contribution is 2.28. The van der Waals surface area contributed by atoms with Gasteiger partial charge in [-0.2, -0.15) is 0 Å². The standard InChI is InChI=1S/C15H12N2O3S/c1-20-11-4-2-10(3-5-11)14-12(6-7-13(18)19)17-8-9-21-15(17)16-14/h2-9H,1H3,(H,18,19)/b7-6+. The number of fused-ring (bicyclic) bond motifs is 1. The van der Waals surface area contributed by atoms with E-state index in [4.69, 9.17) is 9.84 Å². The predicted molar refractivity (Wildman–Crippen MR) is 81.7 cm³/mol. The molecule has 0 aliphatic heterocycles. The fourth-order valence-corrected chi connectivity index (χ4v) is 2.80. The molecular weight excluding hydrogens is 288 g/mol. The summed E-state index contributed by atoms with van der Waals surface area (Å²) in [6, 6.07) is 7.52. The first-order chi connectivity index (χ1) is 10.2. The van der Waals surface area contributed by atoms with Crippen LogP contribution >= 0.6 is 11.3 Å². The molecule has 106 valence electrons. The molecule has 5 nitrogen and oxygen atoms in total. The summed E-state index contributed by atoms with van der Waals surface area (Å²) in [5.41, 5.74) is 2.41. The van der Waals surface area contributed by atoms with Crippen molar-refractivity contribution in [1.29, 1.82) is 0 Å². The van der Waals surface area contributed by atoms with Crippen molar-refractivity contribution < 1.29 is 14.6 Å². The third-order valence-corrected chi connectivity index (χ3v) is 3.80. The van der Waals surface area contributed by atoms with Crippen LogP contribution in [0.15, 0.2) is 41.9 Å². The van der Waals surface area contributed by atoms with E-state index in [0.29, 0.717) is 0 Å². The second-order valence-electron chi connectivity index (χ2n) is 4.30. The number of carboxylic acid groups (broad SMARTS) is 1. The number of hydrogen-bond acceptors (Lipinski definition) is 4. The molecule has 2 heterocycles. The van der Waals surface area contributed by atoms with Crippen LogP contribution in [0, 0.1) is 0 Å². The Morgan fingerprint density at radius 1 is 1.38 bits per heavy atom. The summed E-state index contributed by atoms with van der Waals surface area (Å²) in [6.45, 7) is 0. The van der Waals surface area contributed by atoms with Gasteiger partial charge in [0.2, 0.25) is 0 Å². The van der Waals surface area contributed by atoms with Crippen LogP contribution in [0.3, 0.4) is 0 Å². The maximum atomic E-state index is 10.8. The zero-order valence-electron chi connectivity index (χ0n) is 11.2. The van der Waals surface area contributed by atoms with Gasteiger partial charge in [0.05, 0.1) is 18.5 Å². The summed E-state index contributed by atoms with van der Waals surface area (Å²) in [5.74, 6) is -0.219. The van der Waals surface area contributed by atoms with Crippen LogP contribution in [0.4, 0.5) is 0 Å². The van der Waals surface area contributed by atoms with Gasteiger partial charge in [0.1, 0.15) is 5.75 Å². The van der Waals surface area contributed by atoms with Crippen LogP contribution in [-0.4, -0.2) is 27.6 Å². The number of aromatic nitrogens is 2. The van der Waals surface area contributed by atoms with Crippen LogP contribution in [0.5, 0.6) is 5.75 Å². The Morgan fingerprint density at radius 2 is 2.14 bits per heavy atom. The monoisotopic (exact) mass is 300 g/mol. The van der Waals surface area contributed by atoms with Gasteiger partial charge in [0.15, 0.2) is 4.96 Å². The number of nitrogens with zero attached hydrogens (tertiary/aromatic N) is 2. The number of imidazole rings is 1. The van der Waals surface area contributed by atoms with E-state index in [2.05, 4.69) is 4.98 Å². The molecule has 0 spiro atoms. The number of methoxy groups -OCH3 is 1. The average molecular weight is 300 g/mol. The van der Waals surface area contributed by atoms with E-state index in [-0.39, 0.29) is 0 Å². The van der Waals surface area contributed by atoms with Crippen LogP contribution < -0.4 is 4.74 Å². The van der Waals surface area contributed by atoms with Gasteiger partial charge in [-0.3, -0.25) is 4.40 Å². The van der Waals surface area contributed by atoms with Crippen molar-refractivity contribution in [3.8, 4) is 17.0 Å². The fourth-order valence-electron chi connectivity index (χ4n) is 2.07. The molecule has 0 radical (unpaired) electrons. The highest BCUT2D eigenvalue weighted by molar-refractivity contribution is 7.15. The summed E-state index contributed by atoms with van der Waals surface area (Å²) >= 11 is 1.50. The van der Waals surface area contributed by atoms with Crippen LogP contribution in [0.1, 0.15) is 5.69 Å². The molecule has 0 fully saturated rings. The van der Waals surface area contributed by atoms with E-state index in [1.807, 2.05) is 40.2 Å². The smallest absolute Gasteiger partial charge is 0.328 e. The number of aliphatic carboxylic acids is 1. The lowest BCUT2D eigenvalue weighted by Gasteiger charge is -2.02. The van der Waals surface area contributed by atoms with Crippen molar-refractivity contribution in [1.82, 2.24) is 9.38 Å². The van der Waals surface area contributed by atoms with E-state index >= 15 is 0 Å². The molecule has 0 aliphatic carbocycles. The lowest BCUT2D eigenvalue weighted by atomic mass is 10.1. The molecule has 0 aliphatic rings. The highest BCUT2D eigenvalue weighted by Gasteiger charge is 2.13. The van der Waals surface area contributed by atoms with E-state index in [1.165, 1.54) is 11.3 Å². The van der Waals surface area contributed by atoms with Crippen molar-refractivity contribution in [3.05, 3.63) is 47.6 Å². The SMILES string of the molecule is COc1ccc(-c2nc3sccn3c2/C=C/C(=O)O)cc1. The van der Waals surface area contributed by atoms with Gasteiger partial charge >= 0.3 is 5.97 Å². The van der Waals surface area contributed by atoms with Gasteiger partial charge < -0.3 is 9.84 Å².